The van der Waals surface area contributed by atoms with Gasteiger partial charge in [-0.1, -0.05) is 0 Å². The SMILES string of the molecule is O=C1N[C@@H]2CCNCCN2c2cc(C3CC3)cc(F)c21. The first-order chi connectivity index (χ1) is 9.74. The van der Waals surface area contributed by atoms with Gasteiger partial charge >= 0.3 is 0 Å². The number of fused-ring (bicyclic) bond motifs is 3. The van der Waals surface area contributed by atoms with Gasteiger partial charge in [0.2, 0.25) is 0 Å². The zero-order chi connectivity index (χ0) is 13.7. The molecule has 2 heterocycles. The Morgan fingerprint density at radius 2 is 2.05 bits per heavy atom. The lowest BCUT2D eigenvalue weighted by Gasteiger charge is -2.38. The van der Waals surface area contributed by atoms with Crippen molar-refractivity contribution >= 4 is 11.6 Å². The predicted octanol–water partition coefficient (Wildman–Crippen LogP) is 1.57. The summed E-state index contributed by atoms with van der Waals surface area (Å²) in [5.74, 6) is -0.163. The first kappa shape index (κ1) is 12.1. The number of anilines is 1. The van der Waals surface area contributed by atoms with Crippen molar-refractivity contribution in [3.8, 4) is 0 Å². The molecule has 1 aromatic carbocycles. The molecule has 5 heteroatoms. The molecule has 1 aromatic rings. The van der Waals surface area contributed by atoms with Crippen molar-refractivity contribution < 1.29 is 9.18 Å². The van der Waals surface area contributed by atoms with Gasteiger partial charge in [-0.2, -0.15) is 0 Å². The number of rotatable bonds is 1. The van der Waals surface area contributed by atoms with Gasteiger partial charge in [-0.3, -0.25) is 4.79 Å². The summed E-state index contributed by atoms with van der Waals surface area (Å²) in [7, 11) is 0. The molecule has 1 saturated carbocycles. The molecule has 3 aliphatic rings. The van der Waals surface area contributed by atoms with E-state index in [1.165, 1.54) is 0 Å². The predicted molar refractivity (Wildman–Crippen MR) is 74.5 cm³/mol. The second-order valence-electron chi connectivity index (χ2n) is 5.89. The van der Waals surface area contributed by atoms with Gasteiger partial charge in [0, 0.05) is 13.1 Å². The van der Waals surface area contributed by atoms with Crippen LogP contribution >= 0.6 is 0 Å². The van der Waals surface area contributed by atoms with E-state index in [9.17, 15) is 9.18 Å². The molecule has 0 unspecified atom stereocenters. The van der Waals surface area contributed by atoms with Gasteiger partial charge in [-0.05, 0) is 49.4 Å². The van der Waals surface area contributed by atoms with Crippen molar-refractivity contribution in [3.05, 3.63) is 29.1 Å². The van der Waals surface area contributed by atoms with E-state index in [0.717, 1.165) is 50.1 Å². The zero-order valence-electron chi connectivity index (χ0n) is 11.3. The van der Waals surface area contributed by atoms with E-state index in [4.69, 9.17) is 0 Å². The van der Waals surface area contributed by atoms with Crippen molar-refractivity contribution in [2.24, 2.45) is 0 Å². The number of hydrogen-bond acceptors (Lipinski definition) is 3. The number of carbonyl (C=O) groups excluding carboxylic acids is 1. The highest BCUT2D eigenvalue weighted by molar-refractivity contribution is 6.02. The van der Waals surface area contributed by atoms with Crippen molar-refractivity contribution in [2.75, 3.05) is 24.5 Å². The first-order valence-electron chi connectivity index (χ1n) is 7.36. The van der Waals surface area contributed by atoms with Gasteiger partial charge in [-0.25, -0.2) is 4.39 Å². The molecule has 0 radical (unpaired) electrons. The molecule has 106 valence electrons. The van der Waals surface area contributed by atoms with E-state index in [2.05, 4.69) is 15.5 Å². The van der Waals surface area contributed by atoms with Gasteiger partial charge in [0.25, 0.3) is 5.91 Å². The third-order valence-corrected chi connectivity index (χ3v) is 4.47. The minimum atomic E-state index is -0.377. The fraction of sp³-hybridized carbons (Fsp3) is 0.533. The van der Waals surface area contributed by atoms with Crippen LogP contribution in [0, 0.1) is 5.82 Å². The molecule has 4 nitrogen and oxygen atoms in total. The van der Waals surface area contributed by atoms with Gasteiger partial charge < -0.3 is 15.5 Å². The summed E-state index contributed by atoms with van der Waals surface area (Å²) in [5, 5.41) is 6.25. The third-order valence-electron chi connectivity index (χ3n) is 4.47. The standard InChI is InChI=1S/C15H18FN3O/c16-11-7-10(9-1-2-9)8-12-14(11)15(20)18-13-3-4-17-5-6-19(12)13/h7-9,13,17H,1-6H2,(H,18,20)/t13-/m0/s1. The maximum Gasteiger partial charge on any atom is 0.257 e. The van der Waals surface area contributed by atoms with Crippen LogP contribution in [0.4, 0.5) is 10.1 Å². The lowest BCUT2D eigenvalue weighted by Crippen LogP contribution is -2.53. The molecule has 0 bridgehead atoms. The number of hydrogen-bond donors (Lipinski definition) is 2. The molecule has 4 rings (SSSR count). The quantitative estimate of drug-likeness (QED) is 0.818. The highest BCUT2D eigenvalue weighted by Crippen LogP contribution is 2.43. The molecule has 0 aromatic heterocycles. The molecular weight excluding hydrogens is 257 g/mol. The molecule has 2 N–H and O–H groups in total. The number of amides is 1. The second kappa shape index (κ2) is 4.45. The summed E-state index contributed by atoms with van der Waals surface area (Å²) in [6, 6.07) is 3.58. The molecular formula is C15H18FN3O. The minimum absolute atomic E-state index is 0.0150. The van der Waals surface area contributed by atoms with E-state index in [1.54, 1.807) is 6.07 Å². The summed E-state index contributed by atoms with van der Waals surface area (Å²) in [5.41, 5.74) is 2.05. The maximum atomic E-state index is 14.3. The highest BCUT2D eigenvalue weighted by atomic mass is 19.1. The second-order valence-corrected chi connectivity index (χ2v) is 5.89. The highest BCUT2D eigenvalue weighted by Gasteiger charge is 2.35. The summed E-state index contributed by atoms with van der Waals surface area (Å²) < 4.78 is 14.3. The van der Waals surface area contributed by atoms with E-state index in [-0.39, 0.29) is 23.5 Å². The molecule has 20 heavy (non-hydrogen) atoms. The molecule has 1 saturated heterocycles. The Labute approximate surface area is 117 Å². The summed E-state index contributed by atoms with van der Waals surface area (Å²) >= 11 is 0. The number of nitrogens with one attached hydrogen (secondary N) is 2. The van der Waals surface area contributed by atoms with E-state index < -0.39 is 0 Å². The van der Waals surface area contributed by atoms with Crippen molar-refractivity contribution in [1.29, 1.82) is 0 Å². The van der Waals surface area contributed by atoms with Gasteiger partial charge in [0.15, 0.2) is 0 Å². The van der Waals surface area contributed by atoms with Crippen molar-refractivity contribution in [2.45, 2.75) is 31.3 Å². The average Bonchev–Trinajstić information content (AvgIpc) is 3.25. The third kappa shape index (κ3) is 1.88. The number of carbonyl (C=O) groups is 1. The first-order valence-corrected chi connectivity index (χ1v) is 7.36. The summed E-state index contributed by atoms with van der Waals surface area (Å²) in [4.78, 5) is 14.3. The largest absolute Gasteiger partial charge is 0.349 e. The van der Waals surface area contributed by atoms with Crippen LogP contribution in [0.25, 0.3) is 0 Å². The van der Waals surface area contributed by atoms with Gasteiger partial charge in [0.1, 0.15) is 12.0 Å². The van der Waals surface area contributed by atoms with Crippen molar-refractivity contribution in [1.82, 2.24) is 10.6 Å². The van der Waals surface area contributed by atoms with E-state index in [0.29, 0.717) is 5.92 Å². The Hall–Kier alpha value is -1.62. The molecule has 0 spiro atoms. The zero-order valence-corrected chi connectivity index (χ0v) is 11.3. The van der Waals surface area contributed by atoms with Gasteiger partial charge in [-0.15, -0.1) is 0 Å². The Bertz CT molecular complexity index is 570. The van der Waals surface area contributed by atoms with Crippen molar-refractivity contribution in [3.63, 3.8) is 0 Å². The van der Waals surface area contributed by atoms with Crippen LogP contribution in [0.5, 0.6) is 0 Å². The normalized spacial score (nSPS) is 25.6. The molecule has 2 aliphatic heterocycles. The number of benzene rings is 1. The smallest absolute Gasteiger partial charge is 0.257 e. The Balaban J connectivity index is 1.82. The molecule has 1 atom stereocenters. The Morgan fingerprint density at radius 1 is 1.20 bits per heavy atom. The Morgan fingerprint density at radius 3 is 2.85 bits per heavy atom. The van der Waals surface area contributed by atoms with E-state index in [1.807, 2.05) is 6.07 Å². The van der Waals surface area contributed by atoms with Gasteiger partial charge in [0.05, 0.1) is 11.3 Å². The van der Waals surface area contributed by atoms with Crippen LogP contribution in [-0.4, -0.2) is 31.7 Å². The monoisotopic (exact) mass is 275 g/mol. The Kier molecular flexibility index (Phi) is 2.70. The summed E-state index contributed by atoms with van der Waals surface area (Å²) in [6.07, 6.45) is 3.10. The molecule has 2 fully saturated rings. The van der Waals surface area contributed by atoms with Crippen LogP contribution < -0.4 is 15.5 Å². The lowest BCUT2D eigenvalue weighted by molar-refractivity contribution is 0.0922. The summed E-state index contributed by atoms with van der Waals surface area (Å²) in [6.45, 7) is 2.54. The topological polar surface area (TPSA) is 44.4 Å². The number of halogens is 1. The lowest BCUT2D eigenvalue weighted by atomic mass is 10.0. The molecule has 1 amide bonds. The van der Waals surface area contributed by atoms with Crippen LogP contribution in [0.15, 0.2) is 12.1 Å². The van der Waals surface area contributed by atoms with E-state index >= 15 is 0 Å². The maximum absolute atomic E-state index is 14.3. The van der Waals surface area contributed by atoms with Crippen LogP contribution in [0.2, 0.25) is 0 Å². The van der Waals surface area contributed by atoms with Crippen LogP contribution in [0.1, 0.15) is 41.1 Å². The van der Waals surface area contributed by atoms with Crippen LogP contribution in [0.3, 0.4) is 0 Å². The minimum Gasteiger partial charge on any atom is -0.349 e. The fourth-order valence-corrected chi connectivity index (χ4v) is 3.25. The average molecular weight is 275 g/mol. The van der Waals surface area contributed by atoms with Crippen LogP contribution in [-0.2, 0) is 0 Å². The number of nitrogens with zero attached hydrogens (tertiary/aromatic N) is 1. The fourth-order valence-electron chi connectivity index (χ4n) is 3.25. The molecule has 1 aliphatic carbocycles.